The van der Waals surface area contributed by atoms with Crippen molar-refractivity contribution in [1.82, 2.24) is 0 Å². The summed E-state index contributed by atoms with van der Waals surface area (Å²) < 4.78 is 0. The first kappa shape index (κ1) is 5.90. The van der Waals surface area contributed by atoms with Crippen LogP contribution in [-0.4, -0.2) is 5.78 Å². The highest BCUT2D eigenvalue weighted by Crippen LogP contribution is 2.44. The van der Waals surface area contributed by atoms with Crippen LogP contribution in [0.5, 0.6) is 0 Å². The molecule has 3 unspecified atom stereocenters. The van der Waals surface area contributed by atoms with Crippen molar-refractivity contribution in [2.24, 2.45) is 17.8 Å². The van der Waals surface area contributed by atoms with Gasteiger partial charge < -0.3 is 0 Å². The van der Waals surface area contributed by atoms with E-state index in [0.717, 1.165) is 6.42 Å². The molecule has 1 nitrogen and oxygen atoms in total. The highest BCUT2D eigenvalue weighted by Gasteiger charge is 2.47. The van der Waals surface area contributed by atoms with Crippen molar-refractivity contribution in [3.05, 3.63) is 24.8 Å². The molecule has 0 spiro atoms. The van der Waals surface area contributed by atoms with Gasteiger partial charge in [-0.1, -0.05) is 18.2 Å². The topological polar surface area (TPSA) is 17.1 Å². The average Bonchev–Trinajstić information content (AvgIpc) is 2.33. The Bertz CT molecular complexity index is 215. The van der Waals surface area contributed by atoms with E-state index in [9.17, 15) is 4.79 Å². The second-order valence-corrected chi connectivity index (χ2v) is 3.01. The van der Waals surface area contributed by atoms with Crippen molar-refractivity contribution < 1.29 is 4.79 Å². The van der Waals surface area contributed by atoms with Gasteiger partial charge in [-0.15, -0.1) is 6.58 Å². The molecular weight excluding hydrogens is 124 g/mol. The van der Waals surface area contributed by atoms with E-state index in [-0.39, 0.29) is 5.92 Å². The van der Waals surface area contributed by atoms with Crippen LogP contribution in [0.15, 0.2) is 24.8 Å². The van der Waals surface area contributed by atoms with E-state index in [2.05, 4.69) is 18.7 Å². The zero-order valence-corrected chi connectivity index (χ0v) is 5.79. The molecule has 1 saturated carbocycles. The van der Waals surface area contributed by atoms with Crippen molar-refractivity contribution in [2.45, 2.75) is 6.42 Å². The molecule has 0 bridgehead atoms. The van der Waals surface area contributed by atoms with Crippen LogP contribution in [0.3, 0.4) is 0 Å². The van der Waals surface area contributed by atoms with Crippen LogP contribution < -0.4 is 0 Å². The molecule has 0 amide bonds. The van der Waals surface area contributed by atoms with Gasteiger partial charge in [0.2, 0.25) is 0 Å². The zero-order chi connectivity index (χ0) is 7.14. The summed E-state index contributed by atoms with van der Waals surface area (Å²) in [6, 6.07) is 0. The van der Waals surface area contributed by atoms with Gasteiger partial charge >= 0.3 is 0 Å². The number of ketones is 1. The number of hydrogen-bond acceptors (Lipinski definition) is 1. The van der Waals surface area contributed by atoms with E-state index in [1.807, 2.05) is 0 Å². The predicted molar refractivity (Wildman–Crippen MR) is 39.4 cm³/mol. The van der Waals surface area contributed by atoms with Crippen LogP contribution in [0.4, 0.5) is 0 Å². The maximum absolute atomic E-state index is 11.2. The number of Topliss-reactive ketones (excluding diaryl/α,β-unsaturated/α-hetero) is 1. The highest BCUT2D eigenvalue weighted by molar-refractivity contribution is 5.93. The lowest BCUT2D eigenvalue weighted by Gasteiger charge is -2.35. The van der Waals surface area contributed by atoms with Crippen LogP contribution in [-0.2, 0) is 4.79 Å². The number of rotatable bonds is 1. The normalized spacial score (nSPS) is 42.8. The molecule has 2 aliphatic rings. The third-order valence-corrected chi connectivity index (χ3v) is 2.58. The SMILES string of the molecule is C=CC1C(=O)C2CC=CC12. The Labute approximate surface area is 60.4 Å². The smallest absolute Gasteiger partial charge is 0.144 e. The first-order chi connectivity index (χ1) is 4.84. The van der Waals surface area contributed by atoms with Gasteiger partial charge in [0.1, 0.15) is 5.78 Å². The molecule has 10 heavy (non-hydrogen) atoms. The van der Waals surface area contributed by atoms with E-state index in [1.165, 1.54) is 0 Å². The molecule has 0 N–H and O–H groups in total. The number of fused-ring (bicyclic) bond motifs is 1. The van der Waals surface area contributed by atoms with Gasteiger partial charge in [-0.2, -0.15) is 0 Å². The monoisotopic (exact) mass is 134 g/mol. The zero-order valence-electron chi connectivity index (χ0n) is 5.79. The van der Waals surface area contributed by atoms with Crippen molar-refractivity contribution in [1.29, 1.82) is 0 Å². The second kappa shape index (κ2) is 1.82. The summed E-state index contributed by atoms with van der Waals surface area (Å²) in [5, 5.41) is 0. The maximum Gasteiger partial charge on any atom is 0.144 e. The molecule has 52 valence electrons. The molecule has 0 radical (unpaired) electrons. The fraction of sp³-hybridized carbons (Fsp3) is 0.444. The fourth-order valence-corrected chi connectivity index (χ4v) is 1.94. The summed E-state index contributed by atoms with van der Waals surface area (Å²) in [7, 11) is 0. The number of hydrogen-bond donors (Lipinski definition) is 0. The minimum Gasteiger partial charge on any atom is -0.299 e. The molecule has 1 fully saturated rings. The third kappa shape index (κ3) is 0.505. The Balaban J connectivity index is 2.20. The minimum absolute atomic E-state index is 0.142. The summed E-state index contributed by atoms with van der Waals surface area (Å²) in [4.78, 5) is 11.2. The van der Waals surface area contributed by atoms with Gasteiger partial charge in [0.25, 0.3) is 0 Å². The molecule has 0 heterocycles. The lowest BCUT2D eigenvalue weighted by atomic mass is 9.65. The Kier molecular flexibility index (Phi) is 1.07. The van der Waals surface area contributed by atoms with Gasteiger partial charge in [0.05, 0.1) is 0 Å². The molecule has 0 aromatic rings. The van der Waals surface area contributed by atoms with E-state index in [1.54, 1.807) is 6.08 Å². The van der Waals surface area contributed by atoms with E-state index in [4.69, 9.17) is 0 Å². The van der Waals surface area contributed by atoms with Gasteiger partial charge in [-0.3, -0.25) is 4.79 Å². The molecule has 0 saturated heterocycles. The van der Waals surface area contributed by atoms with Gasteiger partial charge in [0.15, 0.2) is 0 Å². The fourth-order valence-electron chi connectivity index (χ4n) is 1.94. The van der Waals surface area contributed by atoms with Crippen molar-refractivity contribution >= 4 is 5.78 Å². The molecule has 2 aliphatic carbocycles. The van der Waals surface area contributed by atoms with Crippen LogP contribution in [0, 0.1) is 17.8 Å². The number of carbonyl (C=O) groups is 1. The second-order valence-electron chi connectivity index (χ2n) is 3.01. The lowest BCUT2D eigenvalue weighted by Crippen LogP contribution is -2.42. The Morgan fingerprint density at radius 2 is 2.50 bits per heavy atom. The predicted octanol–water partition coefficient (Wildman–Crippen LogP) is 1.56. The number of carbonyl (C=O) groups excluding carboxylic acids is 1. The van der Waals surface area contributed by atoms with Gasteiger partial charge in [-0.25, -0.2) is 0 Å². The maximum atomic E-state index is 11.2. The van der Waals surface area contributed by atoms with Gasteiger partial charge in [-0.05, 0) is 12.3 Å². The summed E-state index contributed by atoms with van der Waals surface area (Å²) in [5.74, 6) is 1.36. The van der Waals surface area contributed by atoms with E-state index in [0.29, 0.717) is 17.6 Å². The summed E-state index contributed by atoms with van der Waals surface area (Å²) in [6.07, 6.45) is 7.00. The molecule has 1 heteroatoms. The third-order valence-electron chi connectivity index (χ3n) is 2.58. The van der Waals surface area contributed by atoms with Crippen molar-refractivity contribution in [3.63, 3.8) is 0 Å². The Hall–Kier alpha value is -0.850. The summed E-state index contributed by atoms with van der Waals surface area (Å²) in [5.41, 5.74) is 0. The van der Waals surface area contributed by atoms with E-state index >= 15 is 0 Å². The minimum atomic E-state index is 0.142. The first-order valence-electron chi connectivity index (χ1n) is 3.67. The molecular formula is C9H10O. The van der Waals surface area contributed by atoms with Crippen LogP contribution in [0.25, 0.3) is 0 Å². The summed E-state index contributed by atoms with van der Waals surface area (Å²) in [6.45, 7) is 3.64. The van der Waals surface area contributed by atoms with Crippen LogP contribution in [0.1, 0.15) is 6.42 Å². The van der Waals surface area contributed by atoms with E-state index < -0.39 is 0 Å². The summed E-state index contributed by atoms with van der Waals surface area (Å²) >= 11 is 0. The largest absolute Gasteiger partial charge is 0.299 e. The lowest BCUT2D eigenvalue weighted by molar-refractivity contribution is -0.136. The average molecular weight is 134 g/mol. The molecule has 0 aromatic heterocycles. The van der Waals surface area contributed by atoms with Crippen LogP contribution in [0.2, 0.25) is 0 Å². The highest BCUT2D eigenvalue weighted by atomic mass is 16.1. The van der Waals surface area contributed by atoms with Crippen LogP contribution >= 0.6 is 0 Å². The quantitative estimate of drug-likeness (QED) is 0.497. The van der Waals surface area contributed by atoms with Gasteiger partial charge in [0, 0.05) is 11.8 Å². The molecule has 3 atom stereocenters. The number of allylic oxidation sites excluding steroid dienone is 3. The van der Waals surface area contributed by atoms with Crippen molar-refractivity contribution in [2.75, 3.05) is 0 Å². The standard InChI is InChI=1S/C9H10O/c1-2-6-7-4-3-5-8(7)9(6)10/h2-4,6-8H,1,5H2. The Morgan fingerprint density at radius 3 is 3.20 bits per heavy atom. The van der Waals surface area contributed by atoms with Crippen molar-refractivity contribution in [3.8, 4) is 0 Å². The molecule has 0 aliphatic heterocycles. The molecule has 2 rings (SSSR count). The first-order valence-corrected chi connectivity index (χ1v) is 3.67. The Morgan fingerprint density at radius 1 is 1.70 bits per heavy atom. The molecule has 0 aromatic carbocycles.